The molecule has 0 aliphatic rings. The van der Waals surface area contributed by atoms with Gasteiger partial charge in [-0.15, -0.1) is 0 Å². The molecule has 20 heavy (non-hydrogen) atoms. The fourth-order valence-corrected chi connectivity index (χ4v) is 1.96. The number of hydrogen-bond acceptors (Lipinski definition) is 2. The first-order valence-corrected chi connectivity index (χ1v) is 6.52. The van der Waals surface area contributed by atoms with Crippen LogP contribution in [0.2, 0.25) is 0 Å². The van der Waals surface area contributed by atoms with E-state index in [9.17, 15) is 4.39 Å². The van der Waals surface area contributed by atoms with Crippen molar-refractivity contribution in [3.05, 3.63) is 72.1 Å². The highest BCUT2D eigenvalue weighted by atomic mass is 19.1. The van der Waals surface area contributed by atoms with Crippen LogP contribution in [0.1, 0.15) is 11.1 Å². The molecule has 0 radical (unpaired) electrons. The van der Waals surface area contributed by atoms with Gasteiger partial charge in [0.2, 0.25) is 0 Å². The molecule has 0 spiro atoms. The summed E-state index contributed by atoms with van der Waals surface area (Å²) in [6.45, 7) is 6.63. The van der Waals surface area contributed by atoms with E-state index >= 15 is 0 Å². The standard InChI is InChI=1S/C17H18FNO/c1-3-10-20-17-7-5-4-6-14(17)12-19-16-9-8-15(18)11-13(16)2/h3-9,11,19H,1,10,12H2,2H3. The monoisotopic (exact) mass is 271 g/mol. The Morgan fingerprint density at radius 1 is 1.25 bits per heavy atom. The minimum Gasteiger partial charge on any atom is -0.489 e. The summed E-state index contributed by atoms with van der Waals surface area (Å²) in [5.41, 5.74) is 2.86. The molecule has 104 valence electrons. The van der Waals surface area contributed by atoms with E-state index in [1.54, 1.807) is 12.1 Å². The molecule has 0 heterocycles. The molecule has 0 aromatic heterocycles. The maximum absolute atomic E-state index is 13.1. The van der Waals surface area contributed by atoms with Crippen LogP contribution in [0.5, 0.6) is 5.75 Å². The van der Waals surface area contributed by atoms with Gasteiger partial charge in [-0.2, -0.15) is 0 Å². The van der Waals surface area contributed by atoms with Crippen LogP contribution in [0.15, 0.2) is 55.1 Å². The van der Waals surface area contributed by atoms with Crippen LogP contribution in [-0.4, -0.2) is 6.61 Å². The number of ether oxygens (including phenoxy) is 1. The summed E-state index contributed by atoms with van der Waals surface area (Å²) >= 11 is 0. The summed E-state index contributed by atoms with van der Waals surface area (Å²) < 4.78 is 18.7. The van der Waals surface area contributed by atoms with Crippen LogP contribution in [0, 0.1) is 12.7 Å². The molecular weight excluding hydrogens is 253 g/mol. The van der Waals surface area contributed by atoms with Crippen LogP contribution in [0.4, 0.5) is 10.1 Å². The Balaban J connectivity index is 2.08. The lowest BCUT2D eigenvalue weighted by atomic mass is 10.1. The number of benzene rings is 2. The summed E-state index contributed by atoms with van der Waals surface area (Å²) in [6, 6.07) is 12.6. The molecule has 0 amide bonds. The van der Waals surface area contributed by atoms with Gasteiger partial charge in [-0.3, -0.25) is 0 Å². The Morgan fingerprint density at radius 3 is 2.80 bits per heavy atom. The predicted octanol–water partition coefficient (Wildman–Crippen LogP) is 4.31. The summed E-state index contributed by atoms with van der Waals surface area (Å²) in [4.78, 5) is 0. The predicted molar refractivity (Wildman–Crippen MR) is 80.6 cm³/mol. The smallest absolute Gasteiger partial charge is 0.124 e. The number of para-hydroxylation sites is 1. The number of nitrogens with one attached hydrogen (secondary N) is 1. The first kappa shape index (κ1) is 14.1. The van der Waals surface area contributed by atoms with Crippen molar-refractivity contribution in [2.24, 2.45) is 0 Å². The molecule has 0 bridgehead atoms. The largest absolute Gasteiger partial charge is 0.489 e. The van der Waals surface area contributed by atoms with E-state index in [1.807, 2.05) is 31.2 Å². The summed E-state index contributed by atoms with van der Waals surface area (Å²) in [5.74, 6) is 0.613. The first-order valence-electron chi connectivity index (χ1n) is 6.52. The van der Waals surface area contributed by atoms with E-state index in [0.29, 0.717) is 13.2 Å². The maximum atomic E-state index is 13.1. The number of aryl methyl sites for hydroxylation is 1. The van der Waals surface area contributed by atoms with Crippen LogP contribution in [-0.2, 0) is 6.54 Å². The normalized spacial score (nSPS) is 10.1. The highest BCUT2D eigenvalue weighted by molar-refractivity contribution is 5.51. The van der Waals surface area contributed by atoms with Crippen molar-refractivity contribution < 1.29 is 9.13 Å². The molecule has 0 aliphatic heterocycles. The molecule has 0 unspecified atom stereocenters. The second kappa shape index (κ2) is 6.75. The Bertz CT molecular complexity index is 595. The molecule has 2 aromatic carbocycles. The van der Waals surface area contributed by atoms with Gasteiger partial charge in [0.25, 0.3) is 0 Å². The number of rotatable bonds is 6. The summed E-state index contributed by atoms with van der Waals surface area (Å²) in [5, 5.41) is 3.30. The van der Waals surface area contributed by atoms with Gasteiger partial charge >= 0.3 is 0 Å². The minimum atomic E-state index is -0.220. The lowest BCUT2D eigenvalue weighted by molar-refractivity contribution is 0.359. The Hall–Kier alpha value is -2.29. The summed E-state index contributed by atoms with van der Waals surface area (Å²) in [6.07, 6.45) is 1.72. The first-order chi connectivity index (χ1) is 9.70. The molecule has 3 heteroatoms. The van der Waals surface area contributed by atoms with Crippen LogP contribution < -0.4 is 10.1 Å². The van der Waals surface area contributed by atoms with Crippen molar-refractivity contribution in [3.63, 3.8) is 0 Å². The van der Waals surface area contributed by atoms with E-state index in [2.05, 4.69) is 11.9 Å². The van der Waals surface area contributed by atoms with Gasteiger partial charge in [0, 0.05) is 17.8 Å². The molecule has 2 aromatic rings. The van der Waals surface area contributed by atoms with Gasteiger partial charge in [-0.05, 0) is 36.8 Å². The molecule has 2 nitrogen and oxygen atoms in total. The third kappa shape index (κ3) is 3.60. The zero-order valence-corrected chi connectivity index (χ0v) is 11.5. The zero-order valence-electron chi connectivity index (χ0n) is 11.5. The van der Waals surface area contributed by atoms with Crippen LogP contribution >= 0.6 is 0 Å². The van der Waals surface area contributed by atoms with Crippen molar-refractivity contribution in [2.75, 3.05) is 11.9 Å². The SMILES string of the molecule is C=CCOc1ccccc1CNc1ccc(F)cc1C. The van der Waals surface area contributed by atoms with Crippen LogP contribution in [0.25, 0.3) is 0 Å². The highest BCUT2D eigenvalue weighted by Crippen LogP contribution is 2.21. The van der Waals surface area contributed by atoms with E-state index in [0.717, 1.165) is 22.6 Å². The summed E-state index contributed by atoms with van der Waals surface area (Å²) in [7, 11) is 0. The minimum absolute atomic E-state index is 0.220. The fraction of sp³-hybridized carbons (Fsp3) is 0.176. The van der Waals surface area contributed by atoms with Gasteiger partial charge in [0.15, 0.2) is 0 Å². The van der Waals surface area contributed by atoms with Crippen molar-refractivity contribution in [2.45, 2.75) is 13.5 Å². The zero-order chi connectivity index (χ0) is 14.4. The molecule has 2 rings (SSSR count). The van der Waals surface area contributed by atoms with Gasteiger partial charge in [0.05, 0.1) is 0 Å². The Kier molecular flexibility index (Phi) is 4.77. The topological polar surface area (TPSA) is 21.3 Å². The van der Waals surface area contributed by atoms with Crippen LogP contribution in [0.3, 0.4) is 0 Å². The number of halogens is 1. The number of hydrogen-bond donors (Lipinski definition) is 1. The Morgan fingerprint density at radius 2 is 2.05 bits per heavy atom. The van der Waals surface area contributed by atoms with Gasteiger partial charge in [0.1, 0.15) is 18.2 Å². The molecular formula is C17H18FNO. The van der Waals surface area contributed by atoms with Crippen molar-refractivity contribution >= 4 is 5.69 Å². The Labute approximate surface area is 118 Å². The third-order valence-electron chi connectivity index (χ3n) is 2.99. The van der Waals surface area contributed by atoms with Gasteiger partial charge in [-0.1, -0.05) is 30.9 Å². The van der Waals surface area contributed by atoms with Crippen molar-refractivity contribution in [1.82, 2.24) is 0 Å². The van der Waals surface area contributed by atoms with E-state index in [4.69, 9.17) is 4.74 Å². The van der Waals surface area contributed by atoms with Crippen molar-refractivity contribution in [1.29, 1.82) is 0 Å². The lowest BCUT2D eigenvalue weighted by Gasteiger charge is -2.13. The quantitative estimate of drug-likeness (QED) is 0.790. The average molecular weight is 271 g/mol. The highest BCUT2D eigenvalue weighted by Gasteiger charge is 2.04. The molecule has 0 atom stereocenters. The fourth-order valence-electron chi connectivity index (χ4n) is 1.96. The van der Waals surface area contributed by atoms with Crippen molar-refractivity contribution in [3.8, 4) is 5.75 Å². The maximum Gasteiger partial charge on any atom is 0.124 e. The van der Waals surface area contributed by atoms with Gasteiger partial charge < -0.3 is 10.1 Å². The van der Waals surface area contributed by atoms with Gasteiger partial charge in [-0.25, -0.2) is 4.39 Å². The third-order valence-corrected chi connectivity index (χ3v) is 2.99. The molecule has 0 aliphatic carbocycles. The van der Waals surface area contributed by atoms with E-state index in [1.165, 1.54) is 12.1 Å². The lowest BCUT2D eigenvalue weighted by Crippen LogP contribution is -2.04. The average Bonchev–Trinajstić information content (AvgIpc) is 2.45. The molecule has 0 fully saturated rings. The van der Waals surface area contributed by atoms with E-state index < -0.39 is 0 Å². The van der Waals surface area contributed by atoms with E-state index in [-0.39, 0.29) is 5.82 Å². The second-order valence-corrected chi connectivity index (χ2v) is 4.52. The molecule has 0 saturated heterocycles. The second-order valence-electron chi connectivity index (χ2n) is 4.52. The molecule has 1 N–H and O–H groups in total. The number of anilines is 1. The molecule has 0 saturated carbocycles.